The molecule has 0 aliphatic carbocycles. The summed E-state index contributed by atoms with van der Waals surface area (Å²) >= 11 is 0. The van der Waals surface area contributed by atoms with E-state index in [1.165, 1.54) is 0 Å². The van der Waals surface area contributed by atoms with Crippen molar-refractivity contribution >= 4 is 5.78 Å². The van der Waals surface area contributed by atoms with Gasteiger partial charge in [0.05, 0.1) is 0 Å². The summed E-state index contributed by atoms with van der Waals surface area (Å²) in [4.78, 5) is 15.7. The Kier molecular flexibility index (Phi) is 2.10. The van der Waals surface area contributed by atoms with Gasteiger partial charge in [0.1, 0.15) is 0 Å². The number of pyridine rings is 1. The molecular weight excluding hydrogens is 164 g/mol. The van der Waals surface area contributed by atoms with Crippen molar-refractivity contribution < 1.29 is 4.79 Å². The fourth-order valence-electron chi connectivity index (χ4n) is 1.42. The van der Waals surface area contributed by atoms with E-state index < -0.39 is 0 Å². The Balaban J connectivity index is 2.24. The van der Waals surface area contributed by atoms with Crippen LogP contribution in [0.4, 0.5) is 0 Å². The molecule has 2 rings (SSSR count). The minimum absolute atomic E-state index is 0.169. The molecule has 0 bridgehead atoms. The van der Waals surface area contributed by atoms with Crippen LogP contribution in [0.3, 0.4) is 0 Å². The number of hydrogen-bond donors (Lipinski definition) is 1. The largest absolute Gasteiger partial charge is 0.315 e. The van der Waals surface area contributed by atoms with Crippen molar-refractivity contribution in [2.75, 3.05) is 13.1 Å². The second kappa shape index (κ2) is 3.26. The van der Waals surface area contributed by atoms with Crippen molar-refractivity contribution in [1.82, 2.24) is 10.3 Å². The van der Waals surface area contributed by atoms with Gasteiger partial charge in [0.15, 0.2) is 5.78 Å². The van der Waals surface area contributed by atoms with Gasteiger partial charge in [-0.2, -0.15) is 0 Å². The summed E-state index contributed by atoms with van der Waals surface area (Å²) in [5.41, 5.74) is 1.79. The molecule has 68 valence electrons. The van der Waals surface area contributed by atoms with Crippen LogP contribution < -0.4 is 5.32 Å². The number of carbonyl (C=O) groups is 1. The predicted molar refractivity (Wildman–Crippen MR) is 49.7 cm³/mol. The molecule has 3 heteroatoms. The SMILES string of the molecule is Cc1ccncc1C(=O)C1CNC1. The first-order chi connectivity index (χ1) is 6.29. The van der Waals surface area contributed by atoms with Crippen molar-refractivity contribution in [3.05, 3.63) is 29.6 Å². The van der Waals surface area contributed by atoms with Crippen LogP contribution in [0.2, 0.25) is 0 Å². The first kappa shape index (κ1) is 8.38. The minimum Gasteiger partial charge on any atom is -0.315 e. The summed E-state index contributed by atoms with van der Waals surface area (Å²) < 4.78 is 0. The molecule has 0 radical (unpaired) electrons. The zero-order valence-electron chi connectivity index (χ0n) is 7.58. The van der Waals surface area contributed by atoms with E-state index in [4.69, 9.17) is 0 Å². The van der Waals surface area contributed by atoms with Gasteiger partial charge in [-0.3, -0.25) is 9.78 Å². The molecule has 13 heavy (non-hydrogen) atoms. The molecule has 1 aromatic rings. The van der Waals surface area contributed by atoms with Crippen molar-refractivity contribution in [3.8, 4) is 0 Å². The number of nitrogens with one attached hydrogen (secondary N) is 1. The van der Waals surface area contributed by atoms with Gasteiger partial charge in [0.25, 0.3) is 0 Å². The molecular formula is C10H12N2O. The topological polar surface area (TPSA) is 42.0 Å². The number of ketones is 1. The Morgan fingerprint density at radius 2 is 2.38 bits per heavy atom. The van der Waals surface area contributed by atoms with Crippen LogP contribution in [0.5, 0.6) is 0 Å². The summed E-state index contributed by atoms with van der Waals surface area (Å²) in [6, 6.07) is 1.87. The molecule has 0 aromatic carbocycles. The van der Waals surface area contributed by atoms with Gasteiger partial charge in [-0.1, -0.05) is 0 Å². The Hall–Kier alpha value is -1.22. The second-order valence-electron chi connectivity index (χ2n) is 3.41. The molecule has 1 aliphatic heterocycles. The molecule has 3 nitrogen and oxygen atoms in total. The molecule has 1 aromatic heterocycles. The van der Waals surface area contributed by atoms with E-state index in [9.17, 15) is 4.79 Å². The number of nitrogens with zero attached hydrogens (tertiary/aromatic N) is 1. The summed E-state index contributed by atoms with van der Waals surface area (Å²) in [5.74, 6) is 0.396. The van der Waals surface area contributed by atoms with Gasteiger partial charge in [0, 0.05) is 37.0 Å². The molecule has 0 atom stereocenters. The lowest BCUT2D eigenvalue weighted by Gasteiger charge is -2.25. The van der Waals surface area contributed by atoms with Crippen LogP contribution in [0.1, 0.15) is 15.9 Å². The smallest absolute Gasteiger partial charge is 0.170 e. The average Bonchev–Trinajstić information content (AvgIpc) is 2.01. The van der Waals surface area contributed by atoms with Gasteiger partial charge in [0.2, 0.25) is 0 Å². The van der Waals surface area contributed by atoms with Crippen molar-refractivity contribution in [3.63, 3.8) is 0 Å². The summed E-state index contributed by atoms with van der Waals surface area (Å²) in [5, 5.41) is 3.09. The minimum atomic E-state index is 0.169. The van der Waals surface area contributed by atoms with Crippen LogP contribution in [-0.2, 0) is 0 Å². The van der Waals surface area contributed by atoms with E-state index in [2.05, 4.69) is 10.3 Å². The highest BCUT2D eigenvalue weighted by Gasteiger charge is 2.26. The van der Waals surface area contributed by atoms with E-state index in [1.54, 1.807) is 12.4 Å². The maximum atomic E-state index is 11.8. The van der Waals surface area contributed by atoms with Crippen LogP contribution in [0.25, 0.3) is 0 Å². The predicted octanol–water partition coefficient (Wildman–Crippen LogP) is 0.792. The average molecular weight is 176 g/mol. The number of hydrogen-bond acceptors (Lipinski definition) is 3. The maximum absolute atomic E-state index is 11.8. The lowest BCUT2D eigenvalue weighted by molar-refractivity contribution is 0.0877. The Labute approximate surface area is 77.2 Å². The van der Waals surface area contributed by atoms with E-state index >= 15 is 0 Å². The van der Waals surface area contributed by atoms with Gasteiger partial charge in [-0.15, -0.1) is 0 Å². The highest BCUT2D eigenvalue weighted by molar-refractivity contribution is 5.99. The quantitative estimate of drug-likeness (QED) is 0.677. The zero-order chi connectivity index (χ0) is 9.26. The fourth-order valence-corrected chi connectivity index (χ4v) is 1.42. The Morgan fingerprint density at radius 3 is 2.92 bits per heavy atom. The second-order valence-corrected chi connectivity index (χ2v) is 3.41. The first-order valence-corrected chi connectivity index (χ1v) is 4.44. The van der Waals surface area contributed by atoms with Crippen molar-refractivity contribution in [2.45, 2.75) is 6.92 Å². The highest BCUT2D eigenvalue weighted by Crippen LogP contribution is 2.14. The molecule has 1 saturated heterocycles. The molecule has 1 fully saturated rings. The third kappa shape index (κ3) is 1.47. The van der Waals surface area contributed by atoms with E-state index in [1.807, 2.05) is 13.0 Å². The summed E-state index contributed by atoms with van der Waals surface area (Å²) in [6.07, 6.45) is 3.38. The standard InChI is InChI=1S/C10H12N2O/c1-7-2-3-11-6-9(7)10(13)8-4-12-5-8/h2-3,6,8,12H,4-5H2,1H3. The van der Waals surface area contributed by atoms with Gasteiger partial charge in [-0.05, 0) is 18.6 Å². The van der Waals surface area contributed by atoms with E-state index in [-0.39, 0.29) is 11.7 Å². The number of aryl methyl sites for hydroxylation is 1. The van der Waals surface area contributed by atoms with Crippen LogP contribution in [0.15, 0.2) is 18.5 Å². The molecule has 0 saturated carbocycles. The Morgan fingerprint density at radius 1 is 1.62 bits per heavy atom. The van der Waals surface area contributed by atoms with E-state index in [0.717, 1.165) is 24.2 Å². The number of carbonyl (C=O) groups excluding carboxylic acids is 1. The molecule has 0 spiro atoms. The molecule has 1 aliphatic rings. The van der Waals surface area contributed by atoms with Gasteiger partial charge < -0.3 is 5.32 Å². The van der Waals surface area contributed by atoms with Crippen molar-refractivity contribution in [1.29, 1.82) is 0 Å². The van der Waals surface area contributed by atoms with Crippen molar-refractivity contribution in [2.24, 2.45) is 5.92 Å². The molecule has 2 heterocycles. The van der Waals surface area contributed by atoms with Gasteiger partial charge in [-0.25, -0.2) is 0 Å². The van der Waals surface area contributed by atoms with Crippen LogP contribution in [0, 0.1) is 12.8 Å². The maximum Gasteiger partial charge on any atom is 0.170 e. The lowest BCUT2D eigenvalue weighted by Crippen LogP contribution is -2.46. The number of Topliss-reactive ketones (excluding diaryl/α,β-unsaturated/α-hetero) is 1. The third-order valence-electron chi connectivity index (χ3n) is 2.46. The summed E-state index contributed by atoms with van der Waals surface area (Å²) in [7, 11) is 0. The van der Waals surface area contributed by atoms with Crippen LogP contribution in [-0.4, -0.2) is 23.9 Å². The van der Waals surface area contributed by atoms with Gasteiger partial charge >= 0.3 is 0 Å². The fraction of sp³-hybridized carbons (Fsp3) is 0.400. The normalized spacial score (nSPS) is 16.7. The monoisotopic (exact) mass is 176 g/mol. The number of aromatic nitrogens is 1. The molecule has 0 amide bonds. The first-order valence-electron chi connectivity index (χ1n) is 4.44. The molecule has 0 unspecified atom stereocenters. The highest BCUT2D eigenvalue weighted by atomic mass is 16.1. The van der Waals surface area contributed by atoms with Crippen LogP contribution >= 0.6 is 0 Å². The van der Waals surface area contributed by atoms with E-state index in [0.29, 0.717) is 0 Å². The summed E-state index contributed by atoms with van der Waals surface area (Å²) in [6.45, 7) is 3.57. The zero-order valence-corrected chi connectivity index (χ0v) is 7.58. The lowest BCUT2D eigenvalue weighted by atomic mass is 9.92. The molecule has 1 N–H and O–H groups in total. The Bertz CT molecular complexity index is 331. The third-order valence-corrected chi connectivity index (χ3v) is 2.46. The number of rotatable bonds is 2.